The number of benzene rings is 2. The predicted molar refractivity (Wildman–Crippen MR) is 171 cm³/mol. The van der Waals surface area contributed by atoms with E-state index in [0.29, 0.717) is 10.7 Å². The van der Waals surface area contributed by atoms with Crippen molar-refractivity contribution in [1.29, 1.82) is 0 Å². The quantitative estimate of drug-likeness (QED) is 0.239. The Morgan fingerprint density at radius 1 is 1.10 bits per heavy atom. The van der Waals surface area contributed by atoms with Crippen LogP contribution in [0.1, 0.15) is 104 Å². The molecule has 0 aliphatic heterocycles. The summed E-state index contributed by atoms with van der Waals surface area (Å²) in [6.45, 7) is 8.18. The van der Waals surface area contributed by atoms with Gasteiger partial charge in [-0.3, -0.25) is 4.79 Å². The fourth-order valence-corrected chi connectivity index (χ4v) is 6.14. The first-order valence-corrected chi connectivity index (χ1v) is 15.9. The van der Waals surface area contributed by atoms with E-state index >= 15 is 0 Å². The van der Waals surface area contributed by atoms with Crippen molar-refractivity contribution in [1.82, 2.24) is 15.1 Å². The molecule has 2 aromatic heterocycles. The topological polar surface area (TPSA) is 46.9 Å². The molecule has 2 aromatic carbocycles. The van der Waals surface area contributed by atoms with Crippen molar-refractivity contribution < 1.29 is 4.79 Å². The smallest absolute Gasteiger partial charge is 0.272 e. The van der Waals surface area contributed by atoms with Crippen LogP contribution < -0.4 is 5.32 Å². The van der Waals surface area contributed by atoms with E-state index in [1.54, 1.807) is 11.3 Å². The molecule has 2 heterocycles. The van der Waals surface area contributed by atoms with Crippen LogP contribution in [-0.4, -0.2) is 15.7 Å². The monoisotopic (exact) mass is 573 g/mol. The number of carbonyl (C=O) groups is 1. The van der Waals surface area contributed by atoms with Gasteiger partial charge in [-0.2, -0.15) is 16.4 Å². The summed E-state index contributed by atoms with van der Waals surface area (Å²) in [6, 6.07) is 18.3. The van der Waals surface area contributed by atoms with E-state index in [9.17, 15) is 4.79 Å². The number of amides is 1. The predicted octanol–water partition coefficient (Wildman–Crippen LogP) is 9.71. The van der Waals surface area contributed by atoms with Crippen LogP contribution in [0.2, 0.25) is 5.02 Å². The van der Waals surface area contributed by atoms with Gasteiger partial charge in [0.2, 0.25) is 0 Å². The Kier molecular flexibility index (Phi) is 10.8. The maximum atomic E-state index is 13.8. The van der Waals surface area contributed by atoms with Crippen molar-refractivity contribution in [2.45, 2.75) is 78.7 Å². The van der Waals surface area contributed by atoms with Crippen LogP contribution in [0.4, 0.5) is 0 Å². The molecule has 5 rings (SSSR count). The first-order chi connectivity index (χ1) is 19.5. The Bertz CT molecular complexity index is 1420. The number of hydrogen-bond donors (Lipinski definition) is 1. The second-order valence-corrected chi connectivity index (χ2v) is 11.2. The molecule has 1 aliphatic rings. The zero-order chi connectivity index (χ0) is 28.5. The number of fused-ring (bicyclic) bond motifs is 1. The van der Waals surface area contributed by atoms with Crippen molar-refractivity contribution in [3.63, 3.8) is 0 Å². The number of rotatable bonds is 7. The van der Waals surface area contributed by atoms with Gasteiger partial charge in [0, 0.05) is 5.56 Å². The Morgan fingerprint density at radius 3 is 2.58 bits per heavy atom. The largest absolute Gasteiger partial charge is 0.344 e. The van der Waals surface area contributed by atoms with Crippen LogP contribution in [0.5, 0.6) is 0 Å². The minimum Gasteiger partial charge on any atom is -0.344 e. The van der Waals surface area contributed by atoms with Crippen LogP contribution in [-0.2, 0) is 12.8 Å². The van der Waals surface area contributed by atoms with Crippen LogP contribution in [0, 0.1) is 0 Å². The molecule has 1 amide bonds. The molecule has 0 bridgehead atoms. The van der Waals surface area contributed by atoms with E-state index in [0.717, 1.165) is 67.5 Å². The third-order valence-electron chi connectivity index (χ3n) is 7.19. The van der Waals surface area contributed by atoms with Gasteiger partial charge in [-0.1, -0.05) is 81.6 Å². The molecule has 40 heavy (non-hydrogen) atoms. The number of aryl methyl sites for hydroxylation is 1. The molecule has 0 spiro atoms. The highest BCUT2D eigenvalue weighted by Crippen LogP contribution is 2.36. The number of halogens is 1. The lowest BCUT2D eigenvalue weighted by atomic mass is 9.91. The molecule has 0 radical (unpaired) electrons. The zero-order valence-corrected chi connectivity index (χ0v) is 25.6. The Balaban J connectivity index is 0.00000181. The maximum Gasteiger partial charge on any atom is 0.272 e. The number of aromatic nitrogens is 2. The van der Waals surface area contributed by atoms with Gasteiger partial charge in [0.1, 0.15) is 0 Å². The summed E-state index contributed by atoms with van der Waals surface area (Å²) in [6.07, 6.45) is 9.30. The summed E-state index contributed by atoms with van der Waals surface area (Å²) in [4.78, 5) is 13.8. The Hall–Kier alpha value is -3.15. The average Bonchev–Trinajstić information content (AvgIpc) is 3.60. The molecule has 210 valence electrons. The number of allylic oxidation sites excluding steroid dienone is 1. The molecule has 1 atom stereocenters. The van der Waals surface area contributed by atoms with Crippen LogP contribution in [0.3, 0.4) is 0 Å². The highest BCUT2D eigenvalue weighted by Gasteiger charge is 2.28. The minimum atomic E-state index is -0.148. The van der Waals surface area contributed by atoms with Crippen molar-refractivity contribution in [2.75, 3.05) is 0 Å². The Morgan fingerprint density at radius 2 is 1.88 bits per heavy atom. The van der Waals surface area contributed by atoms with E-state index in [2.05, 4.69) is 47.3 Å². The van der Waals surface area contributed by atoms with Crippen LogP contribution >= 0.6 is 22.9 Å². The molecular formula is C34H40ClN3OS. The molecule has 6 heteroatoms. The molecule has 1 N–H and O–H groups in total. The first-order valence-electron chi connectivity index (χ1n) is 14.5. The van der Waals surface area contributed by atoms with E-state index in [1.807, 2.05) is 61.9 Å². The highest BCUT2D eigenvalue weighted by molar-refractivity contribution is 7.08. The third kappa shape index (κ3) is 6.94. The molecule has 0 fully saturated rings. The molecule has 1 aliphatic carbocycles. The lowest BCUT2D eigenvalue weighted by Gasteiger charge is -2.18. The average molecular weight is 574 g/mol. The number of hydrogen-bond acceptors (Lipinski definition) is 3. The van der Waals surface area contributed by atoms with Crippen molar-refractivity contribution >= 4 is 40.5 Å². The van der Waals surface area contributed by atoms with Gasteiger partial charge >= 0.3 is 0 Å². The summed E-state index contributed by atoms with van der Waals surface area (Å²) in [5.74, 6) is -0.148. The number of nitrogens with one attached hydrogen (secondary N) is 1. The summed E-state index contributed by atoms with van der Waals surface area (Å²) in [5.41, 5.74) is 7.99. The van der Waals surface area contributed by atoms with Crippen molar-refractivity contribution in [3.05, 3.63) is 104 Å². The molecular weight excluding hydrogens is 534 g/mol. The van der Waals surface area contributed by atoms with Gasteiger partial charge in [-0.15, -0.1) is 0 Å². The van der Waals surface area contributed by atoms with E-state index in [-0.39, 0.29) is 11.9 Å². The van der Waals surface area contributed by atoms with Gasteiger partial charge in [0.15, 0.2) is 5.69 Å². The lowest BCUT2D eigenvalue weighted by molar-refractivity contribution is 0.0933. The summed E-state index contributed by atoms with van der Waals surface area (Å²) in [5, 5.41) is 13.1. The standard InChI is InChI=1S/C32H34ClN3OS.C2H6/c1-3-10-23-15-16-29(28(33)20-23)36-31-26(19-24-17-18-38-21-24)13-8-5-9-14-27(31)30(35-36)32(37)34-22(2)25-11-6-4-7-12-25;1-2/h4,6-7,11-12,15-22H,3,5,8-10,13-14H2,1-2H3,(H,34,37);1-2H3/b26-19+;/t22-;/m1./s1. The number of thiophene rings is 1. The van der Waals surface area contributed by atoms with Gasteiger partial charge in [-0.25, -0.2) is 4.68 Å². The summed E-state index contributed by atoms with van der Waals surface area (Å²) < 4.78 is 1.93. The van der Waals surface area contributed by atoms with Gasteiger partial charge < -0.3 is 5.32 Å². The molecule has 4 nitrogen and oxygen atoms in total. The van der Waals surface area contributed by atoms with E-state index < -0.39 is 0 Å². The van der Waals surface area contributed by atoms with Gasteiger partial charge in [0.05, 0.1) is 22.4 Å². The zero-order valence-electron chi connectivity index (χ0n) is 24.0. The third-order valence-corrected chi connectivity index (χ3v) is 8.19. The minimum absolute atomic E-state index is 0.129. The summed E-state index contributed by atoms with van der Waals surface area (Å²) >= 11 is 8.57. The second kappa shape index (κ2) is 14.5. The van der Waals surface area contributed by atoms with Crippen molar-refractivity contribution in [3.8, 4) is 5.69 Å². The number of nitrogens with zero attached hydrogens (tertiary/aromatic N) is 2. The van der Waals surface area contributed by atoms with Gasteiger partial charge in [-0.05, 0) is 96.3 Å². The molecule has 0 saturated heterocycles. The SMILES string of the molecule is CC.CCCc1ccc(-n2nc(C(=O)N[C@H](C)c3ccccc3)c3c2/C(=C/c2ccsc2)CCCCC3)c(Cl)c1. The molecule has 0 saturated carbocycles. The normalized spacial score (nSPS) is 14.9. The van der Waals surface area contributed by atoms with Gasteiger partial charge in [0.25, 0.3) is 5.91 Å². The van der Waals surface area contributed by atoms with E-state index in [1.165, 1.54) is 16.7 Å². The first kappa shape index (κ1) is 29.8. The van der Waals surface area contributed by atoms with Crippen molar-refractivity contribution in [2.24, 2.45) is 0 Å². The maximum absolute atomic E-state index is 13.8. The van der Waals surface area contributed by atoms with Crippen LogP contribution in [0.15, 0.2) is 65.4 Å². The Labute approximate surface area is 248 Å². The fraction of sp³-hybridized carbons (Fsp3) is 0.353. The van der Waals surface area contributed by atoms with E-state index in [4.69, 9.17) is 16.7 Å². The second-order valence-electron chi connectivity index (χ2n) is 10.0. The fourth-order valence-electron chi connectivity index (χ4n) is 5.24. The number of carbonyl (C=O) groups excluding carboxylic acids is 1. The molecule has 4 aromatic rings. The molecule has 0 unspecified atom stereocenters. The highest BCUT2D eigenvalue weighted by atomic mass is 35.5. The van der Waals surface area contributed by atoms with Crippen LogP contribution in [0.25, 0.3) is 17.3 Å². The summed E-state index contributed by atoms with van der Waals surface area (Å²) in [7, 11) is 0. The lowest BCUT2D eigenvalue weighted by Crippen LogP contribution is -2.28.